The maximum atomic E-state index is 13.2. The van der Waals surface area contributed by atoms with Gasteiger partial charge in [0.05, 0.1) is 133 Å². The highest BCUT2D eigenvalue weighted by Crippen LogP contribution is 2.45. The van der Waals surface area contributed by atoms with Crippen molar-refractivity contribution in [1.82, 2.24) is 0 Å². The van der Waals surface area contributed by atoms with Crippen LogP contribution in [-0.2, 0) is 65.0 Å². The molecule has 2 aliphatic heterocycles. The zero-order valence-corrected chi connectivity index (χ0v) is 53.7. The van der Waals surface area contributed by atoms with Crippen LogP contribution in [0.25, 0.3) is 0 Å². The van der Waals surface area contributed by atoms with Crippen molar-refractivity contribution in [3.8, 4) is 46.0 Å². The fraction of sp³-hybridized carbons (Fsp3) is 0.424. The zero-order chi connectivity index (χ0) is 64.1. The maximum Gasteiger partial charge on any atom is 0.311 e. The van der Waals surface area contributed by atoms with Gasteiger partial charge in [0, 0.05) is 36.8 Å². The molecular formula is C66H84N2O18S2. The van der Waals surface area contributed by atoms with Crippen LogP contribution in [0.4, 0.5) is 0 Å². The molecule has 0 N–H and O–H groups in total. The normalized spacial score (nSPS) is 17.6. The molecule has 6 aromatic carbocycles. The molecule has 0 saturated heterocycles. The Hall–Kier alpha value is -7.60. The molecule has 2 heterocycles. The standard InChI is InChI=1S/C54H74N2O12.2C6H6O3S/c1-55(23-19-39-33-49(63-7)51(65-9)35-41(39)43(55)29-37-15-17-45(59-3)47(31-37)61-5)25-21-53(57)67-27-13-11-12-14-28-68-54(58)22-26-56(2)24-20-40-34-50(64-8)52(66-10)36-42(40)44(56)30-38-16-18-46(60-4)48(32-38)62-6;2*7-10(8,9)6-4-2-1-3-5-6/h15-18,31-36,43-44H,11-14,19-30H2,1-10H3;2*1-5H,(H,7,8,9)/q+2;;/p-2. The largest absolute Gasteiger partial charge is 0.744 e. The first kappa shape index (κ1) is 69.5. The van der Waals surface area contributed by atoms with Gasteiger partial charge in [0.15, 0.2) is 46.0 Å². The second-order valence-corrected chi connectivity index (χ2v) is 24.6. The van der Waals surface area contributed by atoms with Crippen LogP contribution in [0.3, 0.4) is 0 Å². The maximum absolute atomic E-state index is 13.2. The number of methoxy groups -OCH3 is 8. The first-order chi connectivity index (χ1) is 42.1. The lowest BCUT2D eigenvalue weighted by Gasteiger charge is -2.46. The second kappa shape index (κ2) is 32.6. The molecule has 22 heteroatoms. The van der Waals surface area contributed by atoms with Crippen LogP contribution in [0.15, 0.2) is 131 Å². The molecule has 8 rings (SSSR count). The van der Waals surface area contributed by atoms with Crippen molar-refractivity contribution in [2.24, 2.45) is 0 Å². The average molecular weight is 1260 g/mol. The van der Waals surface area contributed by atoms with E-state index >= 15 is 0 Å². The van der Waals surface area contributed by atoms with E-state index in [1.165, 1.54) is 70.8 Å². The third kappa shape index (κ3) is 19.0. The van der Waals surface area contributed by atoms with Crippen molar-refractivity contribution in [3.05, 3.63) is 155 Å². The molecule has 0 fully saturated rings. The third-order valence-corrected chi connectivity index (χ3v) is 18.0. The lowest BCUT2D eigenvalue weighted by molar-refractivity contribution is -0.940. The molecule has 88 heavy (non-hydrogen) atoms. The van der Waals surface area contributed by atoms with Crippen LogP contribution in [0.2, 0.25) is 0 Å². The number of quaternary nitrogens is 2. The number of hydrogen-bond acceptors (Lipinski definition) is 18. The van der Waals surface area contributed by atoms with Crippen molar-refractivity contribution in [2.45, 2.75) is 86.1 Å². The Morgan fingerprint density at radius 1 is 0.432 bits per heavy atom. The molecule has 0 spiro atoms. The Labute approximate surface area is 518 Å². The van der Waals surface area contributed by atoms with E-state index < -0.39 is 20.2 Å². The van der Waals surface area contributed by atoms with E-state index in [0.717, 1.165) is 75.6 Å². The van der Waals surface area contributed by atoms with Crippen LogP contribution >= 0.6 is 0 Å². The summed E-state index contributed by atoms with van der Waals surface area (Å²) in [6.45, 7) is 3.70. The first-order valence-electron chi connectivity index (χ1n) is 29.0. The molecule has 478 valence electrons. The molecule has 4 atom stereocenters. The summed E-state index contributed by atoms with van der Waals surface area (Å²) in [6.07, 6.45) is 7.00. The molecule has 6 aromatic rings. The Bertz CT molecular complexity index is 3250. The van der Waals surface area contributed by atoms with Crippen LogP contribution in [0.5, 0.6) is 46.0 Å². The van der Waals surface area contributed by atoms with Crippen molar-refractivity contribution in [2.75, 3.05) is 110 Å². The van der Waals surface area contributed by atoms with Crippen LogP contribution < -0.4 is 37.9 Å². The minimum absolute atomic E-state index is 0.0484. The number of hydrogen-bond donors (Lipinski definition) is 0. The quantitative estimate of drug-likeness (QED) is 0.0202. The van der Waals surface area contributed by atoms with E-state index in [4.69, 9.17) is 47.4 Å². The van der Waals surface area contributed by atoms with Crippen molar-refractivity contribution >= 4 is 32.2 Å². The molecular weight excluding hydrogens is 1170 g/mol. The number of benzene rings is 6. The number of likely N-dealkylation sites (N-methyl/N-ethyl adjacent to an activating group) is 2. The highest BCUT2D eigenvalue weighted by atomic mass is 32.2. The molecule has 20 nitrogen and oxygen atoms in total. The summed E-state index contributed by atoms with van der Waals surface area (Å²) in [5.74, 6) is 5.13. The molecule has 0 saturated carbocycles. The summed E-state index contributed by atoms with van der Waals surface area (Å²) < 4.78 is 120. The van der Waals surface area contributed by atoms with Gasteiger partial charge in [0.25, 0.3) is 0 Å². The highest BCUT2D eigenvalue weighted by molar-refractivity contribution is 7.86. The number of fused-ring (bicyclic) bond motifs is 2. The lowest BCUT2D eigenvalue weighted by Crippen LogP contribution is -2.53. The van der Waals surface area contributed by atoms with Gasteiger partial charge in [-0.05, 0) is 121 Å². The van der Waals surface area contributed by atoms with E-state index in [1.807, 2.05) is 24.3 Å². The lowest BCUT2D eigenvalue weighted by atomic mass is 9.86. The van der Waals surface area contributed by atoms with Gasteiger partial charge < -0.3 is 65.4 Å². The number of carbonyl (C=O) groups is 2. The second-order valence-electron chi connectivity index (χ2n) is 21.9. The van der Waals surface area contributed by atoms with Gasteiger partial charge in [0.1, 0.15) is 32.3 Å². The number of nitrogens with zero attached hydrogens (tertiary/aromatic N) is 2. The number of unbranched alkanes of at least 4 members (excludes halogenated alkanes) is 3. The van der Waals surface area contributed by atoms with Gasteiger partial charge >= 0.3 is 11.9 Å². The van der Waals surface area contributed by atoms with Gasteiger partial charge in [-0.15, -0.1) is 0 Å². The predicted octanol–water partition coefficient (Wildman–Crippen LogP) is 9.64. The number of carbonyl (C=O) groups excluding carboxylic acids is 2. The Morgan fingerprint density at radius 3 is 1.06 bits per heavy atom. The van der Waals surface area contributed by atoms with Crippen molar-refractivity contribution < 1.29 is 91.9 Å². The minimum Gasteiger partial charge on any atom is -0.744 e. The average Bonchev–Trinajstić information content (AvgIpc) is 1.21. The summed E-state index contributed by atoms with van der Waals surface area (Å²) in [7, 11) is 9.14. The van der Waals surface area contributed by atoms with Crippen molar-refractivity contribution in [1.29, 1.82) is 0 Å². The summed E-state index contributed by atoms with van der Waals surface area (Å²) in [5.41, 5.74) is 7.04. The smallest absolute Gasteiger partial charge is 0.311 e. The molecule has 0 amide bonds. The Balaban J connectivity index is 0.000000519. The van der Waals surface area contributed by atoms with E-state index in [-0.39, 0.29) is 33.8 Å². The summed E-state index contributed by atoms with van der Waals surface area (Å²) >= 11 is 0. The Kier molecular flexibility index (Phi) is 25.7. The van der Waals surface area contributed by atoms with Crippen LogP contribution in [0.1, 0.15) is 84.0 Å². The topological polar surface area (TPSA) is 241 Å². The summed E-state index contributed by atoms with van der Waals surface area (Å²) in [6, 6.07) is 34.9. The fourth-order valence-electron chi connectivity index (χ4n) is 11.3. The minimum atomic E-state index is -4.25. The monoisotopic (exact) mass is 1260 g/mol. The molecule has 0 bridgehead atoms. The van der Waals surface area contributed by atoms with E-state index in [0.29, 0.717) is 94.1 Å². The summed E-state index contributed by atoms with van der Waals surface area (Å²) in [4.78, 5) is 26.0. The van der Waals surface area contributed by atoms with Gasteiger partial charge in [-0.1, -0.05) is 48.5 Å². The van der Waals surface area contributed by atoms with E-state index in [1.54, 1.807) is 69.0 Å². The van der Waals surface area contributed by atoms with Gasteiger partial charge in [-0.3, -0.25) is 9.59 Å². The van der Waals surface area contributed by atoms with Crippen molar-refractivity contribution in [3.63, 3.8) is 0 Å². The first-order valence-corrected chi connectivity index (χ1v) is 31.8. The highest BCUT2D eigenvalue weighted by Gasteiger charge is 2.42. The molecule has 2 aliphatic rings. The van der Waals surface area contributed by atoms with Crippen LogP contribution in [-0.4, -0.2) is 157 Å². The summed E-state index contributed by atoms with van der Waals surface area (Å²) in [5, 5.41) is 0. The SMILES string of the molecule is COc1ccc(CC2c3cc(OC)c(OC)cc3CC[N+]2(C)CCC(=O)OCCCCCCOC(=O)CC[N+]2(C)CCc3cc(OC)c(OC)cc3C2Cc2ccc(OC)c(OC)c2)cc1OC.O=S(=O)([O-])c1ccccc1.O=S(=O)([O-])c1ccccc1. The van der Waals surface area contributed by atoms with Crippen LogP contribution in [0, 0.1) is 0 Å². The third-order valence-electron chi connectivity index (χ3n) is 16.3. The molecule has 4 unspecified atom stereocenters. The predicted molar refractivity (Wildman–Crippen MR) is 329 cm³/mol. The molecule has 0 aliphatic carbocycles. The van der Waals surface area contributed by atoms with E-state index in [2.05, 4.69) is 50.5 Å². The van der Waals surface area contributed by atoms with Gasteiger partial charge in [-0.2, -0.15) is 0 Å². The van der Waals surface area contributed by atoms with Gasteiger partial charge in [0.2, 0.25) is 0 Å². The van der Waals surface area contributed by atoms with Gasteiger partial charge in [-0.25, -0.2) is 16.8 Å². The molecule has 0 aromatic heterocycles. The Morgan fingerprint density at radius 2 is 0.750 bits per heavy atom. The number of ether oxygens (including phenoxy) is 10. The zero-order valence-electron chi connectivity index (χ0n) is 52.1. The number of rotatable bonds is 27. The molecule has 0 radical (unpaired) electrons. The number of esters is 2. The fourth-order valence-corrected chi connectivity index (χ4v) is 12.2. The van der Waals surface area contributed by atoms with E-state index in [9.17, 15) is 35.5 Å².